The van der Waals surface area contributed by atoms with E-state index in [4.69, 9.17) is 0 Å². The highest BCUT2D eigenvalue weighted by Gasteiger charge is 2.24. The molecule has 20 heavy (non-hydrogen) atoms. The number of para-hydroxylation sites is 1. The van der Waals surface area contributed by atoms with E-state index in [-0.39, 0.29) is 0 Å². The monoisotopic (exact) mass is 274 g/mol. The number of hydrogen-bond acceptors (Lipinski definition) is 2. The minimum atomic E-state index is 0.665. The van der Waals surface area contributed by atoms with Crippen LogP contribution in [0.2, 0.25) is 0 Å². The van der Waals surface area contributed by atoms with Crippen LogP contribution in [0.5, 0.6) is 0 Å². The Kier molecular flexibility index (Phi) is 5.90. The largest absolute Gasteiger partial charge is 0.368 e. The van der Waals surface area contributed by atoms with E-state index in [1.807, 2.05) is 0 Å². The average Bonchev–Trinajstić information content (AvgIpc) is 2.77. The molecule has 0 aromatic heterocycles. The number of anilines is 1. The van der Waals surface area contributed by atoms with Crippen LogP contribution in [0.4, 0.5) is 5.69 Å². The summed E-state index contributed by atoms with van der Waals surface area (Å²) in [6.45, 7) is 9.25. The van der Waals surface area contributed by atoms with Crippen LogP contribution < -0.4 is 10.2 Å². The Bertz CT molecular complexity index is 402. The maximum atomic E-state index is 3.57. The van der Waals surface area contributed by atoms with Gasteiger partial charge in [0, 0.05) is 24.3 Å². The molecule has 0 fully saturated rings. The van der Waals surface area contributed by atoms with E-state index in [0.29, 0.717) is 12.1 Å². The van der Waals surface area contributed by atoms with Crippen molar-refractivity contribution in [3.05, 3.63) is 29.8 Å². The highest BCUT2D eigenvalue weighted by molar-refractivity contribution is 5.59. The first-order valence-electron chi connectivity index (χ1n) is 8.30. The fourth-order valence-electron chi connectivity index (χ4n) is 3.20. The Labute approximate surface area is 124 Å². The second-order valence-corrected chi connectivity index (χ2v) is 6.23. The van der Waals surface area contributed by atoms with Crippen molar-refractivity contribution in [2.45, 2.75) is 65.0 Å². The summed E-state index contributed by atoms with van der Waals surface area (Å²) in [5.41, 5.74) is 3.00. The van der Waals surface area contributed by atoms with Crippen molar-refractivity contribution in [1.82, 2.24) is 5.32 Å². The number of benzene rings is 1. The first-order chi connectivity index (χ1) is 9.72. The second-order valence-electron chi connectivity index (χ2n) is 6.23. The van der Waals surface area contributed by atoms with Gasteiger partial charge in [-0.25, -0.2) is 0 Å². The molecule has 2 rings (SSSR count). The van der Waals surface area contributed by atoms with Gasteiger partial charge in [-0.15, -0.1) is 0 Å². The molecular formula is C18H30N2. The van der Waals surface area contributed by atoms with E-state index in [9.17, 15) is 0 Å². The summed E-state index contributed by atoms with van der Waals surface area (Å²) in [7, 11) is 0. The zero-order chi connectivity index (χ0) is 14.4. The highest BCUT2D eigenvalue weighted by Crippen LogP contribution is 2.31. The fourth-order valence-corrected chi connectivity index (χ4v) is 3.20. The first kappa shape index (κ1) is 15.4. The number of hydrogen-bond donors (Lipinski definition) is 1. The topological polar surface area (TPSA) is 15.3 Å². The second kappa shape index (κ2) is 7.68. The minimum absolute atomic E-state index is 0.665. The molecule has 2 unspecified atom stereocenters. The van der Waals surface area contributed by atoms with Gasteiger partial charge in [-0.1, -0.05) is 31.5 Å². The van der Waals surface area contributed by atoms with Crippen LogP contribution in [0.3, 0.4) is 0 Å². The van der Waals surface area contributed by atoms with E-state index in [1.165, 1.54) is 49.9 Å². The SMILES string of the molecule is CCCNC(C)CCCCN1c2ccccc2CC1C. The van der Waals surface area contributed by atoms with Gasteiger partial charge in [0.25, 0.3) is 0 Å². The minimum Gasteiger partial charge on any atom is -0.368 e. The van der Waals surface area contributed by atoms with Crippen molar-refractivity contribution >= 4 is 5.69 Å². The number of fused-ring (bicyclic) bond motifs is 1. The molecule has 2 atom stereocenters. The Hall–Kier alpha value is -1.02. The molecule has 1 aromatic rings. The summed E-state index contributed by atoms with van der Waals surface area (Å²) in [5.74, 6) is 0. The molecule has 1 aliphatic heterocycles. The predicted octanol–water partition coefficient (Wildman–Crippen LogP) is 4.00. The van der Waals surface area contributed by atoms with Gasteiger partial charge in [0.15, 0.2) is 0 Å². The zero-order valence-corrected chi connectivity index (χ0v) is 13.4. The van der Waals surface area contributed by atoms with Crippen LogP contribution in [0.1, 0.15) is 52.0 Å². The first-order valence-corrected chi connectivity index (χ1v) is 8.30. The molecule has 0 spiro atoms. The Balaban J connectivity index is 1.72. The lowest BCUT2D eigenvalue weighted by molar-refractivity contribution is 0.486. The zero-order valence-electron chi connectivity index (χ0n) is 13.4. The molecule has 1 heterocycles. The lowest BCUT2D eigenvalue weighted by atomic mass is 10.1. The fraction of sp³-hybridized carbons (Fsp3) is 0.667. The Morgan fingerprint density at radius 2 is 2.10 bits per heavy atom. The summed E-state index contributed by atoms with van der Waals surface area (Å²) in [6, 6.07) is 10.2. The van der Waals surface area contributed by atoms with Crippen LogP contribution in [-0.4, -0.2) is 25.2 Å². The van der Waals surface area contributed by atoms with Gasteiger partial charge in [-0.05, 0) is 57.7 Å². The molecule has 0 saturated heterocycles. The average molecular weight is 274 g/mol. The molecule has 0 bridgehead atoms. The lowest BCUT2D eigenvalue weighted by Gasteiger charge is -2.25. The van der Waals surface area contributed by atoms with Crippen LogP contribution in [0.25, 0.3) is 0 Å². The third kappa shape index (κ3) is 3.99. The van der Waals surface area contributed by atoms with Crippen LogP contribution in [-0.2, 0) is 6.42 Å². The molecule has 1 aliphatic rings. The van der Waals surface area contributed by atoms with E-state index in [2.05, 4.69) is 55.3 Å². The molecule has 0 radical (unpaired) electrons. The molecule has 1 N–H and O–H groups in total. The van der Waals surface area contributed by atoms with Crippen molar-refractivity contribution < 1.29 is 0 Å². The van der Waals surface area contributed by atoms with Crippen molar-refractivity contribution in [3.8, 4) is 0 Å². The molecule has 1 aromatic carbocycles. The van der Waals surface area contributed by atoms with Crippen molar-refractivity contribution in [1.29, 1.82) is 0 Å². The Morgan fingerprint density at radius 3 is 2.90 bits per heavy atom. The molecule has 0 aliphatic carbocycles. The van der Waals surface area contributed by atoms with E-state index in [0.717, 1.165) is 6.54 Å². The Morgan fingerprint density at radius 1 is 1.30 bits per heavy atom. The van der Waals surface area contributed by atoms with Gasteiger partial charge in [-0.3, -0.25) is 0 Å². The van der Waals surface area contributed by atoms with E-state index < -0.39 is 0 Å². The van der Waals surface area contributed by atoms with Gasteiger partial charge in [0.1, 0.15) is 0 Å². The van der Waals surface area contributed by atoms with Gasteiger partial charge in [-0.2, -0.15) is 0 Å². The predicted molar refractivity (Wildman–Crippen MR) is 88.6 cm³/mol. The summed E-state index contributed by atoms with van der Waals surface area (Å²) >= 11 is 0. The van der Waals surface area contributed by atoms with Gasteiger partial charge in [0.2, 0.25) is 0 Å². The highest BCUT2D eigenvalue weighted by atomic mass is 15.2. The van der Waals surface area contributed by atoms with Crippen LogP contribution in [0.15, 0.2) is 24.3 Å². The van der Waals surface area contributed by atoms with Crippen LogP contribution in [0, 0.1) is 0 Å². The molecule has 2 heteroatoms. The third-order valence-corrected chi connectivity index (χ3v) is 4.38. The number of unbranched alkanes of at least 4 members (excludes halogenated alkanes) is 1. The van der Waals surface area contributed by atoms with E-state index in [1.54, 1.807) is 0 Å². The molecule has 2 nitrogen and oxygen atoms in total. The standard InChI is InChI=1S/C18H30N2/c1-4-12-19-15(2)9-7-8-13-20-16(3)14-17-10-5-6-11-18(17)20/h5-6,10-11,15-16,19H,4,7-9,12-14H2,1-3H3. The van der Waals surface area contributed by atoms with Gasteiger partial charge >= 0.3 is 0 Å². The summed E-state index contributed by atoms with van der Waals surface area (Å²) < 4.78 is 0. The van der Waals surface area contributed by atoms with Gasteiger partial charge < -0.3 is 10.2 Å². The quantitative estimate of drug-likeness (QED) is 0.721. The van der Waals surface area contributed by atoms with Crippen molar-refractivity contribution in [3.63, 3.8) is 0 Å². The number of nitrogens with zero attached hydrogens (tertiary/aromatic N) is 1. The number of nitrogens with one attached hydrogen (secondary N) is 1. The molecule has 112 valence electrons. The van der Waals surface area contributed by atoms with E-state index >= 15 is 0 Å². The normalized spacial score (nSPS) is 19.1. The third-order valence-electron chi connectivity index (χ3n) is 4.38. The maximum Gasteiger partial charge on any atom is 0.0402 e. The number of rotatable bonds is 8. The van der Waals surface area contributed by atoms with Crippen LogP contribution >= 0.6 is 0 Å². The maximum absolute atomic E-state index is 3.57. The molecule has 0 saturated carbocycles. The smallest absolute Gasteiger partial charge is 0.0402 e. The summed E-state index contributed by atoms with van der Waals surface area (Å²) in [4.78, 5) is 2.60. The van der Waals surface area contributed by atoms with Crippen molar-refractivity contribution in [2.75, 3.05) is 18.0 Å². The van der Waals surface area contributed by atoms with Gasteiger partial charge in [0.05, 0.1) is 0 Å². The lowest BCUT2D eigenvalue weighted by Crippen LogP contribution is -2.31. The summed E-state index contributed by atoms with van der Waals surface area (Å²) in [6.07, 6.45) is 6.36. The summed E-state index contributed by atoms with van der Waals surface area (Å²) in [5, 5.41) is 3.57. The molecule has 0 amide bonds. The molecular weight excluding hydrogens is 244 g/mol. The van der Waals surface area contributed by atoms with Crippen molar-refractivity contribution in [2.24, 2.45) is 0 Å².